The molecule has 0 saturated heterocycles. The van der Waals surface area contributed by atoms with Crippen molar-refractivity contribution in [2.75, 3.05) is 6.54 Å². The molecule has 0 heterocycles. The van der Waals surface area contributed by atoms with Crippen LogP contribution in [0.25, 0.3) is 0 Å². The van der Waals surface area contributed by atoms with Gasteiger partial charge in [-0.25, -0.2) is 8.78 Å². The lowest BCUT2D eigenvalue weighted by atomic mass is 9.98. The maximum atomic E-state index is 14.1. The fraction of sp³-hybridized carbons (Fsp3) is 0.250. The highest BCUT2D eigenvalue weighted by Gasteiger charge is 2.19. The van der Waals surface area contributed by atoms with E-state index in [1.54, 1.807) is 12.1 Å². The minimum absolute atomic E-state index is 0.279. The Balaban J connectivity index is 2.46. The average Bonchev–Trinajstić information content (AvgIpc) is 2.46. The highest BCUT2D eigenvalue weighted by atomic mass is 79.9. The minimum atomic E-state index is -0.460. The summed E-state index contributed by atoms with van der Waals surface area (Å²) in [7, 11) is 0. The molecular weight excluding hydrogens is 360 g/mol. The van der Waals surface area contributed by atoms with Crippen molar-refractivity contribution in [3.8, 4) is 0 Å². The van der Waals surface area contributed by atoms with Crippen LogP contribution >= 0.6 is 27.5 Å². The number of hydrogen-bond donors (Lipinski definition) is 1. The number of nitrogens with one attached hydrogen (secondary N) is 1. The van der Waals surface area contributed by atoms with Gasteiger partial charge in [0, 0.05) is 10.0 Å². The molecule has 1 unspecified atom stereocenters. The van der Waals surface area contributed by atoms with E-state index in [0.29, 0.717) is 11.6 Å². The molecular formula is C16H15BrClF2N. The Morgan fingerprint density at radius 3 is 2.62 bits per heavy atom. The summed E-state index contributed by atoms with van der Waals surface area (Å²) < 4.78 is 28.3. The van der Waals surface area contributed by atoms with Gasteiger partial charge in [0.15, 0.2) is 0 Å². The van der Waals surface area contributed by atoms with Crippen LogP contribution in [-0.2, 0) is 0 Å². The summed E-state index contributed by atoms with van der Waals surface area (Å²) in [6, 6.07) is 8.44. The molecule has 2 rings (SSSR count). The summed E-state index contributed by atoms with van der Waals surface area (Å²) in [6.45, 7) is 2.70. The van der Waals surface area contributed by atoms with Crippen LogP contribution in [-0.4, -0.2) is 6.54 Å². The van der Waals surface area contributed by atoms with Crippen LogP contribution in [0.15, 0.2) is 40.9 Å². The second kappa shape index (κ2) is 7.34. The Bertz CT molecular complexity index is 634. The maximum absolute atomic E-state index is 14.1. The lowest BCUT2D eigenvalue weighted by molar-refractivity contribution is 0.535. The summed E-state index contributed by atoms with van der Waals surface area (Å²) in [5, 5.41) is 3.77. The van der Waals surface area contributed by atoms with Crippen molar-refractivity contribution in [1.82, 2.24) is 5.32 Å². The van der Waals surface area contributed by atoms with Crippen LogP contribution in [0.5, 0.6) is 0 Å². The smallest absolute Gasteiger partial charge is 0.128 e. The Morgan fingerprint density at radius 1 is 1.19 bits per heavy atom. The van der Waals surface area contributed by atoms with Gasteiger partial charge in [0.25, 0.3) is 0 Å². The third-order valence-corrected chi connectivity index (χ3v) is 4.38. The van der Waals surface area contributed by atoms with Crippen LogP contribution in [0.4, 0.5) is 8.78 Å². The van der Waals surface area contributed by atoms with E-state index in [9.17, 15) is 8.78 Å². The highest BCUT2D eigenvalue weighted by Crippen LogP contribution is 2.30. The van der Waals surface area contributed by atoms with Gasteiger partial charge < -0.3 is 5.32 Å². The monoisotopic (exact) mass is 373 g/mol. The van der Waals surface area contributed by atoms with E-state index in [1.165, 1.54) is 6.07 Å². The fourth-order valence-electron chi connectivity index (χ4n) is 2.12. The molecule has 21 heavy (non-hydrogen) atoms. The summed E-state index contributed by atoms with van der Waals surface area (Å²) in [4.78, 5) is 0. The van der Waals surface area contributed by atoms with Gasteiger partial charge in [0.05, 0.1) is 11.1 Å². The fourth-order valence-corrected chi connectivity index (χ4v) is 2.56. The molecule has 0 amide bonds. The second-order valence-corrected chi connectivity index (χ2v) is 5.99. The highest BCUT2D eigenvalue weighted by molar-refractivity contribution is 9.10. The Morgan fingerprint density at radius 2 is 1.95 bits per heavy atom. The molecule has 1 N–H and O–H groups in total. The SMILES string of the molecule is CCCNC(c1ccc(Br)c(Cl)c1)c1cc(F)ccc1F. The number of benzene rings is 2. The van der Waals surface area contributed by atoms with Gasteiger partial charge in [-0.2, -0.15) is 0 Å². The summed E-state index contributed by atoms with van der Waals surface area (Å²) in [5.41, 5.74) is 1.07. The van der Waals surface area contributed by atoms with Crippen LogP contribution in [0.1, 0.15) is 30.5 Å². The molecule has 0 bridgehead atoms. The Hall–Kier alpha value is -0.970. The van der Waals surface area contributed by atoms with Crippen LogP contribution in [0.3, 0.4) is 0 Å². The molecule has 0 fully saturated rings. The van der Waals surface area contributed by atoms with E-state index in [1.807, 2.05) is 13.0 Å². The predicted molar refractivity (Wildman–Crippen MR) is 85.6 cm³/mol. The first-order valence-electron chi connectivity index (χ1n) is 6.66. The molecule has 2 aromatic carbocycles. The molecule has 2 aromatic rings. The topological polar surface area (TPSA) is 12.0 Å². The van der Waals surface area contributed by atoms with Gasteiger partial charge >= 0.3 is 0 Å². The molecule has 0 aliphatic carbocycles. The summed E-state index contributed by atoms with van der Waals surface area (Å²) >= 11 is 9.44. The first-order valence-corrected chi connectivity index (χ1v) is 7.83. The van der Waals surface area contributed by atoms with Crippen LogP contribution in [0, 0.1) is 11.6 Å². The van der Waals surface area contributed by atoms with Crippen molar-refractivity contribution in [2.24, 2.45) is 0 Å². The maximum Gasteiger partial charge on any atom is 0.128 e. The molecule has 0 aromatic heterocycles. The zero-order valence-electron chi connectivity index (χ0n) is 11.5. The van der Waals surface area contributed by atoms with E-state index in [0.717, 1.165) is 28.6 Å². The van der Waals surface area contributed by atoms with Crippen molar-refractivity contribution >= 4 is 27.5 Å². The quantitative estimate of drug-likeness (QED) is 0.732. The standard InChI is InChI=1S/C16H15BrClF2N/c1-2-7-21-16(10-3-5-13(17)14(18)8-10)12-9-11(19)4-6-15(12)20/h3-6,8-9,16,21H,2,7H2,1H3. The van der Waals surface area contributed by atoms with E-state index in [-0.39, 0.29) is 5.56 Å². The molecule has 0 saturated carbocycles. The Kier molecular flexibility index (Phi) is 5.73. The van der Waals surface area contributed by atoms with Crippen LogP contribution in [0.2, 0.25) is 5.02 Å². The van der Waals surface area contributed by atoms with Crippen molar-refractivity contribution in [2.45, 2.75) is 19.4 Å². The lowest BCUT2D eigenvalue weighted by Crippen LogP contribution is -2.24. The van der Waals surface area contributed by atoms with E-state index in [4.69, 9.17) is 11.6 Å². The number of rotatable bonds is 5. The van der Waals surface area contributed by atoms with Crippen LogP contribution < -0.4 is 5.32 Å². The van der Waals surface area contributed by atoms with Crippen molar-refractivity contribution in [1.29, 1.82) is 0 Å². The molecule has 5 heteroatoms. The third-order valence-electron chi connectivity index (χ3n) is 3.14. The van der Waals surface area contributed by atoms with Gasteiger partial charge in [0.1, 0.15) is 11.6 Å². The predicted octanol–water partition coefficient (Wildman–Crippen LogP) is 5.47. The van der Waals surface area contributed by atoms with Gasteiger partial charge in [-0.1, -0.05) is 24.6 Å². The normalized spacial score (nSPS) is 12.4. The van der Waals surface area contributed by atoms with E-state index in [2.05, 4.69) is 21.2 Å². The van der Waals surface area contributed by atoms with Crippen molar-refractivity contribution in [3.63, 3.8) is 0 Å². The Labute approximate surface area is 136 Å². The minimum Gasteiger partial charge on any atom is -0.306 e. The van der Waals surface area contributed by atoms with E-state index >= 15 is 0 Å². The average molecular weight is 375 g/mol. The third kappa shape index (κ3) is 4.02. The molecule has 0 radical (unpaired) electrons. The van der Waals surface area contributed by atoms with Crippen molar-refractivity contribution < 1.29 is 8.78 Å². The zero-order chi connectivity index (χ0) is 15.4. The molecule has 1 nitrogen and oxygen atoms in total. The summed E-state index contributed by atoms with van der Waals surface area (Å²) in [5.74, 6) is -0.901. The molecule has 112 valence electrons. The number of hydrogen-bond acceptors (Lipinski definition) is 1. The first kappa shape index (κ1) is 16.4. The second-order valence-electron chi connectivity index (χ2n) is 4.73. The van der Waals surface area contributed by atoms with Gasteiger partial charge in [-0.15, -0.1) is 0 Å². The first-order chi connectivity index (χ1) is 10.0. The summed E-state index contributed by atoms with van der Waals surface area (Å²) in [6.07, 6.45) is 0.887. The van der Waals surface area contributed by atoms with Gasteiger partial charge in [-0.05, 0) is 64.8 Å². The van der Waals surface area contributed by atoms with Gasteiger partial charge in [0.2, 0.25) is 0 Å². The van der Waals surface area contributed by atoms with E-state index < -0.39 is 17.7 Å². The van der Waals surface area contributed by atoms with Crippen molar-refractivity contribution in [3.05, 3.63) is 68.7 Å². The molecule has 0 spiro atoms. The number of halogens is 4. The lowest BCUT2D eigenvalue weighted by Gasteiger charge is -2.21. The molecule has 0 aliphatic heterocycles. The molecule has 0 aliphatic rings. The zero-order valence-corrected chi connectivity index (χ0v) is 13.8. The molecule has 1 atom stereocenters. The largest absolute Gasteiger partial charge is 0.306 e. The van der Waals surface area contributed by atoms with Gasteiger partial charge in [-0.3, -0.25) is 0 Å².